The molecule has 1 unspecified atom stereocenters. The Kier molecular flexibility index (Phi) is 5.15. The summed E-state index contributed by atoms with van der Waals surface area (Å²) in [5.74, 6) is -0.647. The van der Waals surface area contributed by atoms with Gasteiger partial charge in [-0.2, -0.15) is 5.10 Å². The second-order valence-electron chi connectivity index (χ2n) is 6.29. The van der Waals surface area contributed by atoms with Crippen LogP contribution in [0.1, 0.15) is 28.2 Å². The van der Waals surface area contributed by atoms with Gasteiger partial charge in [0.1, 0.15) is 11.5 Å². The van der Waals surface area contributed by atoms with Crippen molar-refractivity contribution >= 4 is 5.91 Å². The molecular weight excluding hydrogens is 325 g/mol. The third-order valence-corrected chi connectivity index (χ3v) is 4.40. The topological polar surface area (TPSA) is 67.6 Å². The van der Waals surface area contributed by atoms with E-state index in [4.69, 9.17) is 4.74 Å². The van der Waals surface area contributed by atoms with Crippen molar-refractivity contribution in [1.29, 1.82) is 0 Å². The Morgan fingerprint density at radius 1 is 1.44 bits per heavy atom. The van der Waals surface area contributed by atoms with Gasteiger partial charge in [0.05, 0.1) is 12.7 Å². The summed E-state index contributed by atoms with van der Waals surface area (Å²) < 4.78 is 20.6. The van der Waals surface area contributed by atoms with E-state index < -0.39 is 6.10 Å². The smallest absolute Gasteiger partial charge is 0.274 e. The van der Waals surface area contributed by atoms with Crippen LogP contribution < -0.4 is 0 Å². The molecule has 6 nitrogen and oxygen atoms in total. The lowest BCUT2D eigenvalue weighted by atomic mass is 10.2. The summed E-state index contributed by atoms with van der Waals surface area (Å²) in [6.07, 6.45) is 1.66. The maximum atomic E-state index is 14.2. The molecule has 134 valence electrons. The second-order valence-corrected chi connectivity index (χ2v) is 6.29. The largest absolute Gasteiger partial charge is 0.389 e. The number of nitrogens with zero attached hydrogens (tertiary/aromatic N) is 3. The minimum atomic E-state index is -0.763. The van der Waals surface area contributed by atoms with Crippen molar-refractivity contribution in [3.05, 3.63) is 47.0 Å². The van der Waals surface area contributed by atoms with Crippen LogP contribution in [0.5, 0.6) is 0 Å². The number of aromatic nitrogens is 2. The van der Waals surface area contributed by atoms with E-state index in [1.54, 1.807) is 29.9 Å². The highest BCUT2D eigenvalue weighted by Crippen LogP contribution is 2.29. The molecule has 3 rings (SSSR count). The van der Waals surface area contributed by atoms with Crippen molar-refractivity contribution in [3.8, 4) is 5.69 Å². The predicted octanol–water partition coefficient (Wildman–Crippen LogP) is 1.58. The van der Waals surface area contributed by atoms with Gasteiger partial charge < -0.3 is 14.7 Å². The normalized spacial score (nSPS) is 14.4. The molecule has 1 aromatic heterocycles. The number of amides is 1. The standard InChI is InChI=1S/C18H22FN3O3/c1-21(10-12(23)11-25-2)18(24)17-13-6-5-9-15(13)22(20-17)16-8-4-3-7-14(16)19/h3-4,7-8,12,23H,5-6,9-11H2,1-2H3. The van der Waals surface area contributed by atoms with E-state index in [0.29, 0.717) is 11.4 Å². The summed E-state index contributed by atoms with van der Waals surface area (Å²) in [5, 5.41) is 14.2. The first-order valence-electron chi connectivity index (χ1n) is 8.31. The van der Waals surface area contributed by atoms with Crippen LogP contribution >= 0.6 is 0 Å². The van der Waals surface area contributed by atoms with Crippen LogP contribution in [0.3, 0.4) is 0 Å². The highest BCUT2D eigenvalue weighted by Gasteiger charge is 2.29. The number of halogens is 1. The van der Waals surface area contributed by atoms with Crippen LogP contribution in [0.15, 0.2) is 24.3 Å². The molecule has 1 amide bonds. The van der Waals surface area contributed by atoms with E-state index in [2.05, 4.69) is 5.10 Å². The van der Waals surface area contributed by atoms with Crippen molar-refractivity contribution in [1.82, 2.24) is 14.7 Å². The molecule has 0 fully saturated rings. The molecule has 0 bridgehead atoms. The lowest BCUT2D eigenvalue weighted by Crippen LogP contribution is -2.36. The number of ether oxygens (including phenoxy) is 1. The number of rotatable bonds is 6. The van der Waals surface area contributed by atoms with Crippen molar-refractivity contribution in [2.24, 2.45) is 0 Å². The molecule has 1 N–H and O–H groups in total. The Morgan fingerprint density at radius 2 is 2.20 bits per heavy atom. The third kappa shape index (κ3) is 3.43. The summed E-state index contributed by atoms with van der Waals surface area (Å²) in [7, 11) is 3.11. The van der Waals surface area contributed by atoms with E-state index in [1.807, 2.05) is 0 Å². The van der Waals surface area contributed by atoms with Gasteiger partial charge in [-0.05, 0) is 31.4 Å². The van der Waals surface area contributed by atoms with Gasteiger partial charge in [0.25, 0.3) is 5.91 Å². The molecule has 2 aromatic rings. The molecule has 1 aliphatic rings. The maximum absolute atomic E-state index is 14.2. The maximum Gasteiger partial charge on any atom is 0.274 e. The molecule has 1 heterocycles. The first-order valence-corrected chi connectivity index (χ1v) is 8.31. The average Bonchev–Trinajstić information content (AvgIpc) is 3.17. The number of aliphatic hydroxyl groups is 1. The number of hydrogen-bond donors (Lipinski definition) is 1. The van der Waals surface area contributed by atoms with Crippen molar-refractivity contribution in [2.45, 2.75) is 25.4 Å². The summed E-state index contributed by atoms with van der Waals surface area (Å²) in [6, 6.07) is 6.41. The van der Waals surface area contributed by atoms with E-state index in [-0.39, 0.29) is 24.9 Å². The van der Waals surface area contributed by atoms with E-state index in [9.17, 15) is 14.3 Å². The number of carbonyl (C=O) groups is 1. The molecule has 0 spiro atoms. The number of hydrogen-bond acceptors (Lipinski definition) is 4. The van der Waals surface area contributed by atoms with E-state index >= 15 is 0 Å². The molecule has 1 aromatic carbocycles. The minimum Gasteiger partial charge on any atom is -0.389 e. The molecule has 1 aliphatic carbocycles. The van der Waals surface area contributed by atoms with Gasteiger partial charge >= 0.3 is 0 Å². The lowest BCUT2D eigenvalue weighted by Gasteiger charge is -2.20. The molecule has 0 radical (unpaired) electrons. The molecule has 0 saturated carbocycles. The van der Waals surface area contributed by atoms with Gasteiger partial charge in [-0.25, -0.2) is 9.07 Å². The first kappa shape index (κ1) is 17.6. The highest BCUT2D eigenvalue weighted by molar-refractivity contribution is 5.94. The summed E-state index contributed by atoms with van der Waals surface area (Å²) >= 11 is 0. The molecular formula is C18H22FN3O3. The summed E-state index contributed by atoms with van der Waals surface area (Å²) in [5.41, 5.74) is 2.45. The van der Waals surface area contributed by atoms with Crippen LogP contribution in [0.4, 0.5) is 4.39 Å². The molecule has 0 aliphatic heterocycles. The van der Waals surface area contributed by atoms with E-state index in [1.165, 1.54) is 18.1 Å². The van der Waals surface area contributed by atoms with Crippen molar-refractivity contribution < 1.29 is 19.0 Å². The number of methoxy groups -OCH3 is 1. The number of para-hydroxylation sites is 1. The highest BCUT2D eigenvalue weighted by atomic mass is 19.1. The van der Waals surface area contributed by atoms with Crippen molar-refractivity contribution in [2.75, 3.05) is 27.3 Å². The van der Waals surface area contributed by atoms with Crippen LogP contribution in [-0.2, 0) is 17.6 Å². The van der Waals surface area contributed by atoms with Gasteiger partial charge in [-0.1, -0.05) is 12.1 Å². The number of benzene rings is 1. The van der Waals surface area contributed by atoms with Crippen LogP contribution in [0, 0.1) is 5.82 Å². The monoisotopic (exact) mass is 347 g/mol. The zero-order valence-corrected chi connectivity index (χ0v) is 14.4. The van der Waals surface area contributed by atoms with Gasteiger partial charge in [-0.15, -0.1) is 0 Å². The number of aliphatic hydroxyl groups excluding tert-OH is 1. The molecule has 7 heteroatoms. The van der Waals surface area contributed by atoms with E-state index in [0.717, 1.165) is 30.5 Å². The molecule has 1 atom stereocenters. The fraction of sp³-hybridized carbons (Fsp3) is 0.444. The van der Waals surface area contributed by atoms with Crippen LogP contribution in [0.2, 0.25) is 0 Å². The number of likely N-dealkylation sites (N-methyl/N-ethyl adjacent to an activating group) is 1. The zero-order chi connectivity index (χ0) is 18.0. The zero-order valence-electron chi connectivity index (χ0n) is 14.4. The number of fused-ring (bicyclic) bond motifs is 1. The third-order valence-electron chi connectivity index (χ3n) is 4.40. The molecule has 25 heavy (non-hydrogen) atoms. The molecule has 0 saturated heterocycles. The van der Waals surface area contributed by atoms with Crippen molar-refractivity contribution in [3.63, 3.8) is 0 Å². The second kappa shape index (κ2) is 7.33. The Bertz CT molecular complexity index is 775. The van der Waals surface area contributed by atoms with Gasteiger partial charge in [0.15, 0.2) is 5.69 Å². The minimum absolute atomic E-state index is 0.147. The van der Waals surface area contributed by atoms with Gasteiger partial charge in [-0.3, -0.25) is 4.79 Å². The summed E-state index contributed by atoms with van der Waals surface area (Å²) in [6.45, 7) is 0.299. The Morgan fingerprint density at radius 3 is 2.92 bits per heavy atom. The van der Waals surface area contributed by atoms with Gasteiger partial charge in [0, 0.05) is 32.0 Å². The quantitative estimate of drug-likeness (QED) is 0.862. The Hall–Kier alpha value is -2.25. The first-order chi connectivity index (χ1) is 12.0. The fourth-order valence-electron chi connectivity index (χ4n) is 3.26. The fourth-order valence-corrected chi connectivity index (χ4v) is 3.26. The Balaban J connectivity index is 1.92. The van der Waals surface area contributed by atoms with Crippen LogP contribution in [-0.4, -0.2) is 59.1 Å². The summed E-state index contributed by atoms with van der Waals surface area (Å²) in [4.78, 5) is 14.2. The van der Waals surface area contributed by atoms with Gasteiger partial charge in [0.2, 0.25) is 0 Å². The Labute approximate surface area is 145 Å². The SMILES string of the molecule is COCC(O)CN(C)C(=O)c1nn(-c2ccccc2F)c2c1CCC2. The average molecular weight is 347 g/mol. The van der Waals surface area contributed by atoms with Crippen LogP contribution in [0.25, 0.3) is 5.69 Å². The number of carbonyl (C=O) groups excluding carboxylic acids is 1. The lowest BCUT2D eigenvalue weighted by molar-refractivity contribution is 0.0377. The predicted molar refractivity (Wildman–Crippen MR) is 90.4 cm³/mol.